The summed E-state index contributed by atoms with van der Waals surface area (Å²) in [6, 6.07) is 14.1. The first-order chi connectivity index (χ1) is 9.59. The molecule has 3 heteroatoms. The molecule has 2 rings (SSSR count). The maximum absolute atomic E-state index is 13.6. The molecular formula is C17H18FNO. The minimum atomic E-state index is -0.265. The normalized spacial score (nSPS) is 10.3. The fourth-order valence-corrected chi connectivity index (χ4v) is 2.17. The van der Waals surface area contributed by atoms with Crippen LogP contribution in [-0.2, 0) is 0 Å². The number of para-hydroxylation sites is 1. The van der Waals surface area contributed by atoms with Gasteiger partial charge in [-0.05, 0) is 24.6 Å². The molecule has 0 saturated heterocycles. The number of nitrogens with zero attached hydrogens (tertiary/aromatic N) is 1. The van der Waals surface area contributed by atoms with Crippen molar-refractivity contribution in [2.45, 2.75) is 13.3 Å². The molecule has 0 aliphatic heterocycles. The monoisotopic (exact) mass is 271 g/mol. The Balaban J connectivity index is 2.01. The Morgan fingerprint density at radius 1 is 1.10 bits per heavy atom. The van der Waals surface area contributed by atoms with Crippen LogP contribution >= 0.6 is 0 Å². The molecule has 0 aliphatic rings. The summed E-state index contributed by atoms with van der Waals surface area (Å²) >= 11 is 0. The number of hydrogen-bond acceptors (Lipinski definition) is 2. The van der Waals surface area contributed by atoms with Crippen LogP contribution in [0.25, 0.3) is 0 Å². The van der Waals surface area contributed by atoms with E-state index in [-0.39, 0.29) is 11.6 Å². The number of ketones is 1. The lowest BCUT2D eigenvalue weighted by atomic mass is 10.0. The SMILES string of the molecule is Cc1ccccc1C(=O)CCN(C)c1ccccc1F. The van der Waals surface area contributed by atoms with E-state index in [0.717, 1.165) is 11.1 Å². The van der Waals surface area contributed by atoms with Gasteiger partial charge in [0.15, 0.2) is 5.78 Å². The first-order valence-electron chi connectivity index (χ1n) is 6.64. The highest BCUT2D eigenvalue weighted by atomic mass is 19.1. The molecule has 0 N–H and O–H groups in total. The summed E-state index contributed by atoms with van der Waals surface area (Å²) in [5.74, 6) is -0.176. The highest BCUT2D eigenvalue weighted by Crippen LogP contribution is 2.18. The Morgan fingerprint density at radius 2 is 1.75 bits per heavy atom. The van der Waals surface area contributed by atoms with E-state index < -0.39 is 0 Å². The number of rotatable bonds is 5. The molecule has 0 fully saturated rings. The van der Waals surface area contributed by atoms with E-state index in [4.69, 9.17) is 0 Å². The Kier molecular flexibility index (Phi) is 4.51. The number of carbonyl (C=O) groups excluding carboxylic acids is 1. The Hall–Kier alpha value is -2.16. The standard InChI is InChI=1S/C17H18FNO/c1-13-7-3-4-8-14(13)17(20)11-12-19(2)16-10-6-5-9-15(16)18/h3-10H,11-12H2,1-2H3. The molecule has 2 nitrogen and oxygen atoms in total. The second kappa shape index (κ2) is 6.33. The highest BCUT2D eigenvalue weighted by molar-refractivity contribution is 5.97. The molecule has 0 aromatic heterocycles. The van der Waals surface area contributed by atoms with Crippen LogP contribution in [0, 0.1) is 12.7 Å². The van der Waals surface area contributed by atoms with E-state index in [1.807, 2.05) is 31.2 Å². The van der Waals surface area contributed by atoms with E-state index >= 15 is 0 Å². The van der Waals surface area contributed by atoms with Gasteiger partial charge in [0.1, 0.15) is 5.82 Å². The number of anilines is 1. The molecule has 2 aromatic carbocycles. The largest absolute Gasteiger partial charge is 0.372 e. The van der Waals surface area contributed by atoms with Gasteiger partial charge in [0, 0.05) is 25.6 Å². The molecule has 0 saturated carbocycles. The van der Waals surface area contributed by atoms with Gasteiger partial charge >= 0.3 is 0 Å². The van der Waals surface area contributed by atoms with Gasteiger partial charge in [0.25, 0.3) is 0 Å². The van der Waals surface area contributed by atoms with Crippen LogP contribution in [0.3, 0.4) is 0 Å². The van der Waals surface area contributed by atoms with Crippen molar-refractivity contribution in [1.29, 1.82) is 0 Å². The van der Waals surface area contributed by atoms with Gasteiger partial charge in [-0.3, -0.25) is 4.79 Å². The van der Waals surface area contributed by atoms with Gasteiger partial charge in [-0.15, -0.1) is 0 Å². The summed E-state index contributed by atoms with van der Waals surface area (Å²) < 4.78 is 13.6. The summed E-state index contributed by atoms with van der Waals surface area (Å²) in [7, 11) is 1.80. The van der Waals surface area contributed by atoms with Gasteiger partial charge in [-0.25, -0.2) is 4.39 Å². The second-order valence-electron chi connectivity index (χ2n) is 4.86. The smallest absolute Gasteiger partial charge is 0.164 e. The zero-order valence-corrected chi connectivity index (χ0v) is 11.8. The van der Waals surface area contributed by atoms with E-state index in [1.165, 1.54) is 6.07 Å². The number of halogens is 1. The van der Waals surface area contributed by atoms with Crippen LogP contribution in [0.5, 0.6) is 0 Å². The third-order valence-electron chi connectivity index (χ3n) is 3.38. The lowest BCUT2D eigenvalue weighted by Crippen LogP contribution is -2.22. The van der Waals surface area contributed by atoms with E-state index in [9.17, 15) is 9.18 Å². The van der Waals surface area contributed by atoms with Crippen LogP contribution in [0.4, 0.5) is 10.1 Å². The molecule has 20 heavy (non-hydrogen) atoms. The topological polar surface area (TPSA) is 20.3 Å². The lowest BCUT2D eigenvalue weighted by Gasteiger charge is -2.19. The lowest BCUT2D eigenvalue weighted by molar-refractivity contribution is 0.0984. The molecule has 0 heterocycles. The molecule has 0 aliphatic carbocycles. The van der Waals surface area contributed by atoms with Crippen molar-refractivity contribution >= 4 is 11.5 Å². The summed E-state index contributed by atoms with van der Waals surface area (Å²) in [5.41, 5.74) is 2.24. The van der Waals surface area contributed by atoms with Gasteiger partial charge in [0.2, 0.25) is 0 Å². The molecule has 2 aromatic rings. The van der Waals surface area contributed by atoms with Crippen LogP contribution in [0.1, 0.15) is 22.3 Å². The molecule has 104 valence electrons. The first kappa shape index (κ1) is 14.3. The predicted molar refractivity (Wildman–Crippen MR) is 79.8 cm³/mol. The Bertz CT molecular complexity index is 609. The maximum Gasteiger partial charge on any atom is 0.164 e. The predicted octanol–water partition coefficient (Wildman–Crippen LogP) is 3.84. The van der Waals surface area contributed by atoms with E-state index in [2.05, 4.69) is 0 Å². The molecule has 0 spiro atoms. The maximum atomic E-state index is 13.6. The minimum Gasteiger partial charge on any atom is -0.372 e. The third kappa shape index (κ3) is 3.23. The Morgan fingerprint density at radius 3 is 2.45 bits per heavy atom. The van der Waals surface area contributed by atoms with Crippen LogP contribution in [-0.4, -0.2) is 19.4 Å². The average molecular weight is 271 g/mol. The van der Waals surface area contributed by atoms with Crippen molar-refractivity contribution in [3.05, 3.63) is 65.5 Å². The number of aryl methyl sites for hydroxylation is 1. The number of carbonyl (C=O) groups is 1. The van der Waals surface area contributed by atoms with Crippen LogP contribution in [0.15, 0.2) is 48.5 Å². The molecule has 0 amide bonds. The van der Waals surface area contributed by atoms with Crippen molar-refractivity contribution in [3.63, 3.8) is 0 Å². The summed E-state index contributed by atoms with van der Waals surface area (Å²) in [4.78, 5) is 13.9. The van der Waals surface area contributed by atoms with Crippen molar-refractivity contribution in [3.8, 4) is 0 Å². The zero-order valence-electron chi connectivity index (χ0n) is 11.8. The number of benzene rings is 2. The fourth-order valence-electron chi connectivity index (χ4n) is 2.17. The van der Waals surface area contributed by atoms with Crippen molar-refractivity contribution in [2.24, 2.45) is 0 Å². The molecule has 0 atom stereocenters. The third-order valence-corrected chi connectivity index (χ3v) is 3.38. The van der Waals surface area contributed by atoms with Crippen molar-refractivity contribution in [1.82, 2.24) is 0 Å². The first-order valence-corrected chi connectivity index (χ1v) is 6.64. The van der Waals surface area contributed by atoms with E-state index in [0.29, 0.717) is 18.7 Å². The summed E-state index contributed by atoms with van der Waals surface area (Å²) in [5, 5.41) is 0. The molecular weight excluding hydrogens is 253 g/mol. The number of hydrogen-bond donors (Lipinski definition) is 0. The fraction of sp³-hybridized carbons (Fsp3) is 0.235. The van der Waals surface area contributed by atoms with Gasteiger partial charge < -0.3 is 4.90 Å². The van der Waals surface area contributed by atoms with Crippen molar-refractivity contribution in [2.75, 3.05) is 18.5 Å². The van der Waals surface area contributed by atoms with Gasteiger partial charge in [-0.1, -0.05) is 36.4 Å². The van der Waals surface area contributed by atoms with E-state index in [1.54, 1.807) is 30.1 Å². The van der Waals surface area contributed by atoms with Gasteiger partial charge in [-0.2, -0.15) is 0 Å². The van der Waals surface area contributed by atoms with Crippen molar-refractivity contribution < 1.29 is 9.18 Å². The number of Topliss-reactive ketones (excluding diaryl/α,β-unsaturated/α-hetero) is 1. The molecule has 0 bridgehead atoms. The Labute approximate surface area is 118 Å². The quantitative estimate of drug-likeness (QED) is 0.770. The summed E-state index contributed by atoms with van der Waals surface area (Å²) in [6.45, 7) is 2.42. The molecule has 0 radical (unpaired) electrons. The second-order valence-corrected chi connectivity index (χ2v) is 4.86. The van der Waals surface area contributed by atoms with Crippen LogP contribution < -0.4 is 4.90 Å². The average Bonchev–Trinajstić information content (AvgIpc) is 2.45. The summed E-state index contributed by atoms with van der Waals surface area (Å²) in [6.07, 6.45) is 0.371. The minimum absolute atomic E-state index is 0.0892. The molecule has 0 unspecified atom stereocenters. The highest BCUT2D eigenvalue weighted by Gasteiger charge is 2.11. The van der Waals surface area contributed by atoms with Crippen LogP contribution in [0.2, 0.25) is 0 Å². The van der Waals surface area contributed by atoms with Gasteiger partial charge in [0.05, 0.1) is 5.69 Å². The zero-order chi connectivity index (χ0) is 14.5.